The molecule has 10 heavy (non-hydrogen) atoms. The molecular formula is C10H16. The predicted molar refractivity (Wildman–Crippen MR) is 45.8 cm³/mol. The van der Waals surface area contributed by atoms with Crippen molar-refractivity contribution >= 4 is 0 Å². The fourth-order valence-electron chi connectivity index (χ4n) is 1.55. The van der Waals surface area contributed by atoms with Gasteiger partial charge in [0.25, 0.3) is 0 Å². The monoisotopic (exact) mass is 136 g/mol. The molecule has 0 radical (unpaired) electrons. The molecular weight excluding hydrogens is 120 g/mol. The van der Waals surface area contributed by atoms with Crippen molar-refractivity contribution in [3.63, 3.8) is 0 Å². The van der Waals surface area contributed by atoms with Crippen LogP contribution in [-0.4, -0.2) is 0 Å². The van der Waals surface area contributed by atoms with Crippen molar-refractivity contribution in [2.45, 2.75) is 27.2 Å². The summed E-state index contributed by atoms with van der Waals surface area (Å²) in [6.07, 6.45) is 7.89. The van der Waals surface area contributed by atoms with E-state index in [-0.39, 0.29) is 0 Å². The second kappa shape index (κ2) is 3.05. The third-order valence-corrected chi connectivity index (χ3v) is 2.27. The Morgan fingerprint density at radius 1 is 1.50 bits per heavy atom. The zero-order valence-corrected chi connectivity index (χ0v) is 7.09. The minimum atomic E-state index is 0.793. The van der Waals surface area contributed by atoms with Crippen LogP contribution in [0.1, 0.15) is 27.2 Å². The van der Waals surface area contributed by atoms with Gasteiger partial charge in [-0.15, -0.1) is 0 Å². The van der Waals surface area contributed by atoms with E-state index in [1.807, 2.05) is 0 Å². The minimum Gasteiger partial charge on any atom is -0.0839 e. The van der Waals surface area contributed by atoms with Gasteiger partial charge < -0.3 is 0 Å². The summed E-state index contributed by atoms with van der Waals surface area (Å²) in [5, 5.41) is 0. The molecule has 0 spiro atoms. The largest absolute Gasteiger partial charge is 0.0839 e. The molecule has 0 N–H and O–H groups in total. The van der Waals surface area contributed by atoms with Gasteiger partial charge in [0.2, 0.25) is 0 Å². The van der Waals surface area contributed by atoms with Crippen LogP contribution in [0.2, 0.25) is 0 Å². The summed E-state index contributed by atoms with van der Waals surface area (Å²) in [5.41, 5.74) is 1.54. The third-order valence-electron chi connectivity index (χ3n) is 2.27. The first-order chi connectivity index (χ1) is 4.72. The summed E-state index contributed by atoms with van der Waals surface area (Å²) in [5.74, 6) is 1.59. The highest BCUT2D eigenvalue weighted by atomic mass is 14.2. The maximum atomic E-state index is 2.29. The SMILES string of the molecule is CC1=CC=CCC1C(C)C. The van der Waals surface area contributed by atoms with E-state index in [2.05, 4.69) is 39.0 Å². The quantitative estimate of drug-likeness (QED) is 0.519. The Kier molecular flexibility index (Phi) is 2.31. The molecule has 1 atom stereocenters. The molecule has 0 aliphatic heterocycles. The van der Waals surface area contributed by atoms with Crippen LogP contribution in [0.25, 0.3) is 0 Å². The molecule has 0 heteroatoms. The summed E-state index contributed by atoms with van der Waals surface area (Å²) in [7, 11) is 0. The van der Waals surface area contributed by atoms with E-state index in [0.29, 0.717) is 0 Å². The highest BCUT2D eigenvalue weighted by Crippen LogP contribution is 2.26. The van der Waals surface area contributed by atoms with Gasteiger partial charge in [-0.2, -0.15) is 0 Å². The van der Waals surface area contributed by atoms with Gasteiger partial charge in [0.1, 0.15) is 0 Å². The highest BCUT2D eigenvalue weighted by molar-refractivity contribution is 5.19. The Hall–Kier alpha value is -0.520. The van der Waals surface area contributed by atoms with E-state index < -0.39 is 0 Å². The van der Waals surface area contributed by atoms with Gasteiger partial charge in [-0.05, 0) is 25.2 Å². The summed E-state index contributed by atoms with van der Waals surface area (Å²) < 4.78 is 0. The molecule has 0 aromatic carbocycles. The first-order valence-corrected chi connectivity index (χ1v) is 4.05. The Labute approximate surface area is 63.6 Å². The molecule has 0 fully saturated rings. The van der Waals surface area contributed by atoms with E-state index >= 15 is 0 Å². The van der Waals surface area contributed by atoms with Crippen LogP contribution in [-0.2, 0) is 0 Å². The third kappa shape index (κ3) is 1.50. The van der Waals surface area contributed by atoms with Gasteiger partial charge in [0, 0.05) is 0 Å². The molecule has 1 rings (SSSR count). The van der Waals surface area contributed by atoms with Gasteiger partial charge in [0.05, 0.1) is 0 Å². The van der Waals surface area contributed by atoms with Gasteiger partial charge in [-0.1, -0.05) is 37.6 Å². The van der Waals surface area contributed by atoms with Crippen molar-refractivity contribution in [1.82, 2.24) is 0 Å². The molecule has 1 unspecified atom stereocenters. The van der Waals surface area contributed by atoms with Crippen molar-refractivity contribution in [3.05, 3.63) is 23.8 Å². The maximum absolute atomic E-state index is 2.29. The average Bonchev–Trinajstić information content (AvgIpc) is 1.88. The van der Waals surface area contributed by atoms with Crippen molar-refractivity contribution in [2.75, 3.05) is 0 Å². The van der Waals surface area contributed by atoms with Gasteiger partial charge in [0.15, 0.2) is 0 Å². The zero-order chi connectivity index (χ0) is 7.56. The lowest BCUT2D eigenvalue weighted by Gasteiger charge is -2.22. The van der Waals surface area contributed by atoms with E-state index in [1.165, 1.54) is 12.0 Å². The molecule has 0 aromatic heterocycles. The Balaban J connectivity index is 2.64. The molecule has 56 valence electrons. The maximum Gasteiger partial charge on any atom is -0.0145 e. The first kappa shape index (κ1) is 7.59. The van der Waals surface area contributed by atoms with E-state index in [0.717, 1.165) is 11.8 Å². The molecule has 1 aliphatic carbocycles. The Morgan fingerprint density at radius 2 is 2.20 bits per heavy atom. The van der Waals surface area contributed by atoms with E-state index in [1.54, 1.807) is 0 Å². The van der Waals surface area contributed by atoms with Crippen LogP contribution in [0, 0.1) is 11.8 Å². The topological polar surface area (TPSA) is 0 Å². The van der Waals surface area contributed by atoms with Crippen LogP contribution in [0.4, 0.5) is 0 Å². The van der Waals surface area contributed by atoms with Crippen molar-refractivity contribution in [3.8, 4) is 0 Å². The fraction of sp³-hybridized carbons (Fsp3) is 0.600. The molecule has 0 amide bonds. The van der Waals surface area contributed by atoms with Crippen LogP contribution >= 0.6 is 0 Å². The number of allylic oxidation sites excluding steroid dienone is 4. The van der Waals surface area contributed by atoms with Crippen LogP contribution < -0.4 is 0 Å². The number of hydrogen-bond acceptors (Lipinski definition) is 0. The van der Waals surface area contributed by atoms with Crippen molar-refractivity contribution in [2.24, 2.45) is 11.8 Å². The van der Waals surface area contributed by atoms with Crippen LogP contribution in [0.3, 0.4) is 0 Å². The van der Waals surface area contributed by atoms with Gasteiger partial charge in [-0.3, -0.25) is 0 Å². The van der Waals surface area contributed by atoms with Crippen molar-refractivity contribution in [1.29, 1.82) is 0 Å². The molecule has 0 bridgehead atoms. The van der Waals surface area contributed by atoms with Gasteiger partial charge >= 0.3 is 0 Å². The standard InChI is InChI=1S/C10H16/c1-8(2)10-7-5-4-6-9(10)3/h4-6,8,10H,7H2,1-3H3. The van der Waals surface area contributed by atoms with Crippen LogP contribution in [0.5, 0.6) is 0 Å². The normalized spacial score (nSPS) is 25.2. The molecule has 0 saturated heterocycles. The molecule has 0 heterocycles. The van der Waals surface area contributed by atoms with Crippen molar-refractivity contribution < 1.29 is 0 Å². The summed E-state index contributed by atoms with van der Waals surface area (Å²) in [4.78, 5) is 0. The first-order valence-electron chi connectivity index (χ1n) is 4.05. The summed E-state index contributed by atoms with van der Waals surface area (Å²) in [6, 6.07) is 0. The van der Waals surface area contributed by atoms with Crippen LogP contribution in [0.15, 0.2) is 23.8 Å². The second-order valence-corrected chi connectivity index (χ2v) is 3.43. The van der Waals surface area contributed by atoms with E-state index in [4.69, 9.17) is 0 Å². The summed E-state index contributed by atoms with van der Waals surface area (Å²) in [6.45, 7) is 6.82. The number of hydrogen-bond donors (Lipinski definition) is 0. The lowest BCUT2D eigenvalue weighted by molar-refractivity contribution is 0.444. The predicted octanol–water partition coefficient (Wildman–Crippen LogP) is 3.16. The fourth-order valence-corrected chi connectivity index (χ4v) is 1.55. The second-order valence-electron chi connectivity index (χ2n) is 3.43. The highest BCUT2D eigenvalue weighted by Gasteiger charge is 2.14. The Morgan fingerprint density at radius 3 is 2.60 bits per heavy atom. The van der Waals surface area contributed by atoms with E-state index in [9.17, 15) is 0 Å². The minimum absolute atomic E-state index is 0.793. The molecule has 0 saturated carbocycles. The number of rotatable bonds is 1. The molecule has 0 nitrogen and oxygen atoms in total. The lowest BCUT2D eigenvalue weighted by atomic mass is 9.84. The average molecular weight is 136 g/mol. The molecule has 0 aromatic rings. The summed E-state index contributed by atoms with van der Waals surface area (Å²) >= 11 is 0. The zero-order valence-electron chi connectivity index (χ0n) is 7.09. The lowest BCUT2D eigenvalue weighted by Crippen LogP contribution is -2.10. The van der Waals surface area contributed by atoms with Gasteiger partial charge in [-0.25, -0.2) is 0 Å². The molecule has 1 aliphatic rings. The smallest absolute Gasteiger partial charge is 0.0145 e. The Bertz CT molecular complexity index is 161.